The van der Waals surface area contributed by atoms with Crippen LogP contribution in [0.5, 0.6) is 0 Å². The summed E-state index contributed by atoms with van der Waals surface area (Å²) in [6, 6.07) is 8.32. The summed E-state index contributed by atoms with van der Waals surface area (Å²) in [6.45, 7) is 11.8. The van der Waals surface area contributed by atoms with Gasteiger partial charge in [-0.3, -0.25) is 9.59 Å². The van der Waals surface area contributed by atoms with Crippen LogP contribution in [0.3, 0.4) is 0 Å². The van der Waals surface area contributed by atoms with Crippen molar-refractivity contribution in [2.24, 2.45) is 16.7 Å². The van der Waals surface area contributed by atoms with E-state index in [-0.39, 0.29) is 30.8 Å². The van der Waals surface area contributed by atoms with Crippen molar-refractivity contribution in [3.8, 4) is 0 Å². The van der Waals surface area contributed by atoms with Crippen molar-refractivity contribution in [1.82, 2.24) is 10.3 Å². The van der Waals surface area contributed by atoms with Gasteiger partial charge in [-0.2, -0.15) is 0 Å². The molecule has 7 atom stereocenters. The van der Waals surface area contributed by atoms with Crippen molar-refractivity contribution >= 4 is 22.6 Å². The molecule has 7 rings (SSSR count). The third-order valence-corrected chi connectivity index (χ3v) is 11.8. The number of aliphatic hydroxyl groups excluding tert-OH is 1. The number of nitrogens with one attached hydrogen (secondary N) is 2. The zero-order valence-corrected chi connectivity index (χ0v) is 26.0. The third-order valence-electron chi connectivity index (χ3n) is 11.8. The number of para-hydroxylation sites is 1. The molecule has 5 aliphatic rings. The van der Waals surface area contributed by atoms with Gasteiger partial charge in [0.05, 0.1) is 6.10 Å². The number of benzene rings is 1. The van der Waals surface area contributed by atoms with E-state index in [9.17, 15) is 19.8 Å². The summed E-state index contributed by atoms with van der Waals surface area (Å²) in [6.07, 6.45) is 2.40. The van der Waals surface area contributed by atoms with Crippen LogP contribution in [-0.2, 0) is 35.6 Å². The highest BCUT2D eigenvalue weighted by atomic mass is 16.8. The average Bonchev–Trinajstić information content (AvgIpc) is 3.55. The topological polar surface area (TPSA) is 130 Å². The first-order valence-corrected chi connectivity index (χ1v) is 15.6. The highest BCUT2D eigenvalue weighted by molar-refractivity contribution is 5.97. The van der Waals surface area contributed by atoms with Gasteiger partial charge in [0.2, 0.25) is 5.91 Å². The molecule has 9 heteroatoms. The van der Waals surface area contributed by atoms with Crippen LogP contribution in [0.4, 0.5) is 0 Å². The van der Waals surface area contributed by atoms with Crippen molar-refractivity contribution in [2.45, 2.75) is 102 Å². The van der Waals surface area contributed by atoms with Gasteiger partial charge in [0.1, 0.15) is 17.8 Å². The van der Waals surface area contributed by atoms with Crippen molar-refractivity contribution in [3.63, 3.8) is 0 Å². The predicted octanol–water partition coefficient (Wildman–Crippen LogP) is 3.45. The number of hydrogen-bond donors (Lipinski definition) is 4. The second kappa shape index (κ2) is 9.01. The first-order chi connectivity index (χ1) is 20.1. The van der Waals surface area contributed by atoms with E-state index in [1.165, 1.54) is 10.9 Å². The summed E-state index contributed by atoms with van der Waals surface area (Å²) in [4.78, 5) is 30.2. The van der Waals surface area contributed by atoms with Crippen LogP contribution in [0.25, 0.3) is 10.9 Å². The third kappa shape index (κ3) is 3.69. The Balaban J connectivity index is 1.32. The van der Waals surface area contributed by atoms with Gasteiger partial charge in [-0.25, -0.2) is 0 Å². The summed E-state index contributed by atoms with van der Waals surface area (Å²) in [5, 5.41) is 27.0. The maximum atomic E-state index is 13.5. The number of fused-ring (bicyclic) bond motifs is 9. The minimum absolute atomic E-state index is 0.0639. The van der Waals surface area contributed by atoms with E-state index in [0.717, 1.165) is 17.6 Å². The van der Waals surface area contributed by atoms with Crippen molar-refractivity contribution in [3.05, 3.63) is 47.2 Å². The lowest BCUT2D eigenvalue weighted by molar-refractivity contribution is -0.279. The molecular formula is C34H44N2O7. The second-order valence-corrected chi connectivity index (χ2v) is 15.3. The number of rotatable bonds is 6. The van der Waals surface area contributed by atoms with Gasteiger partial charge in [-0.05, 0) is 56.7 Å². The molecule has 2 aliphatic heterocycles. The first kappa shape index (κ1) is 29.2. The van der Waals surface area contributed by atoms with Crippen molar-refractivity contribution in [1.29, 1.82) is 0 Å². The summed E-state index contributed by atoms with van der Waals surface area (Å²) >= 11 is 0. The van der Waals surface area contributed by atoms with E-state index in [1.807, 2.05) is 33.8 Å². The lowest BCUT2D eigenvalue weighted by Crippen LogP contribution is -2.75. The average molecular weight is 593 g/mol. The maximum Gasteiger partial charge on any atom is 0.246 e. The van der Waals surface area contributed by atoms with Crippen LogP contribution in [-0.4, -0.2) is 75.8 Å². The highest BCUT2D eigenvalue weighted by Crippen LogP contribution is 2.72. The fourth-order valence-electron chi connectivity index (χ4n) is 9.21. The summed E-state index contributed by atoms with van der Waals surface area (Å²) in [7, 11) is 0. The Morgan fingerprint density at radius 3 is 2.67 bits per heavy atom. The van der Waals surface area contributed by atoms with Crippen molar-refractivity contribution in [2.75, 3.05) is 19.8 Å². The monoisotopic (exact) mass is 592 g/mol. The molecule has 4 N–H and O–H groups in total. The fourth-order valence-corrected chi connectivity index (χ4v) is 9.21. The minimum atomic E-state index is -1.67. The van der Waals surface area contributed by atoms with Gasteiger partial charge in [0.25, 0.3) is 0 Å². The number of H-pyrrole nitrogens is 1. The number of aliphatic hydroxyl groups is 2. The molecule has 0 radical (unpaired) electrons. The van der Waals surface area contributed by atoms with Crippen LogP contribution in [0, 0.1) is 16.7 Å². The molecule has 3 aliphatic carbocycles. The molecule has 1 spiro atoms. The van der Waals surface area contributed by atoms with Gasteiger partial charge in [0, 0.05) is 58.0 Å². The Hall–Kier alpha value is -2.56. The van der Waals surface area contributed by atoms with Crippen LogP contribution < -0.4 is 5.32 Å². The number of hydrogen-bond acceptors (Lipinski definition) is 7. The summed E-state index contributed by atoms with van der Waals surface area (Å²) in [5.74, 6) is -1.65. The minimum Gasteiger partial charge on any atom is -0.396 e. The zero-order valence-electron chi connectivity index (χ0n) is 26.0. The lowest BCUT2D eigenvalue weighted by atomic mass is 9.41. The fraction of sp³-hybridized carbons (Fsp3) is 0.647. The molecular weight excluding hydrogens is 548 g/mol. The summed E-state index contributed by atoms with van der Waals surface area (Å²) in [5.41, 5.74) is -0.384. The largest absolute Gasteiger partial charge is 0.396 e. The van der Waals surface area contributed by atoms with Gasteiger partial charge < -0.3 is 34.7 Å². The van der Waals surface area contributed by atoms with Crippen molar-refractivity contribution < 1.29 is 34.0 Å². The van der Waals surface area contributed by atoms with Crippen LogP contribution >= 0.6 is 0 Å². The molecule has 1 amide bonds. The van der Waals surface area contributed by atoms with Crippen LogP contribution in [0.1, 0.15) is 72.1 Å². The number of ketones is 1. The van der Waals surface area contributed by atoms with E-state index in [2.05, 4.69) is 42.3 Å². The quantitative estimate of drug-likeness (QED) is 0.404. The SMILES string of the molecule is CC(C)(CO)CNC(=O)CO[C@H]1C[C@H]2Cc3c([nH]c4ccccc34)[C@]2(C)[C@@]2(C)CC[C@@]34O[C@@H](C(=O)C=C3[C@]12O)C(C)(C)O4. The molecule has 1 saturated heterocycles. The number of aromatic amines is 1. The number of carbonyl (C=O) groups is 2. The number of ether oxygens (including phenoxy) is 3. The number of carbonyl (C=O) groups excluding carboxylic acids is 2. The Labute approximate surface area is 252 Å². The van der Waals surface area contributed by atoms with Gasteiger partial charge in [-0.15, -0.1) is 0 Å². The van der Waals surface area contributed by atoms with Gasteiger partial charge >= 0.3 is 0 Å². The Bertz CT molecular complexity index is 1560. The Morgan fingerprint density at radius 2 is 1.93 bits per heavy atom. The Morgan fingerprint density at radius 1 is 1.19 bits per heavy atom. The molecule has 9 nitrogen and oxygen atoms in total. The maximum absolute atomic E-state index is 13.5. The normalized spacial score (nSPS) is 39.1. The number of amides is 1. The summed E-state index contributed by atoms with van der Waals surface area (Å²) < 4.78 is 19.5. The van der Waals surface area contributed by atoms with E-state index < -0.39 is 45.4 Å². The lowest BCUT2D eigenvalue weighted by Gasteiger charge is -2.67. The first-order valence-electron chi connectivity index (χ1n) is 15.6. The molecule has 2 aromatic rings. The predicted molar refractivity (Wildman–Crippen MR) is 159 cm³/mol. The molecule has 43 heavy (non-hydrogen) atoms. The van der Waals surface area contributed by atoms with Crippen LogP contribution in [0.15, 0.2) is 35.9 Å². The second-order valence-electron chi connectivity index (χ2n) is 15.3. The Kier molecular flexibility index (Phi) is 6.11. The molecule has 2 saturated carbocycles. The van der Waals surface area contributed by atoms with Gasteiger partial charge in [0.15, 0.2) is 17.7 Å². The van der Waals surface area contributed by atoms with E-state index in [1.54, 1.807) is 6.08 Å². The molecule has 232 valence electrons. The standard InChI is InChI=1S/C34H44N2O7/c1-29(2,18-37)17-35-26(39)16-41-25-14-19-13-21-20-9-7-8-10-22(20)36-27(21)32(19,6)31(5)11-12-33-24(34(25,31)40)15-23(38)28(42-33)30(3,4)43-33/h7-10,15,19,25,28,36-37,40H,11-14,16-18H2,1-6H3,(H,35,39)/t19-,25+,28+,31-,32-,33+,34+/m1/s1. The van der Waals surface area contributed by atoms with E-state index in [0.29, 0.717) is 31.4 Å². The molecule has 3 heterocycles. The zero-order chi connectivity index (χ0) is 30.8. The van der Waals surface area contributed by atoms with E-state index in [4.69, 9.17) is 14.2 Å². The molecule has 1 aromatic carbocycles. The molecule has 3 fully saturated rings. The molecule has 0 unspecified atom stereocenters. The van der Waals surface area contributed by atoms with Gasteiger partial charge in [-0.1, -0.05) is 45.9 Å². The molecule has 2 bridgehead atoms. The smallest absolute Gasteiger partial charge is 0.246 e. The van der Waals surface area contributed by atoms with Crippen LogP contribution in [0.2, 0.25) is 0 Å². The highest BCUT2D eigenvalue weighted by Gasteiger charge is 2.78. The molecule has 1 aromatic heterocycles. The van der Waals surface area contributed by atoms with E-state index >= 15 is 0 Å². The number of aromatic nitrogens is 1.